The Morgan fingerprint density at radius 3 is 2.42 bits per heavy atom. The summed E-state index contributed by atoms with van der Waals surface area (Å²) in [5.41, 5.74) is 0. The highest BCUT2D eigenvalue weighted by molar-refractivity contribution is 7.84. The smallest absolute Gasteiger partial charge is 0.321 e. The second kappa shape index (κ2) is 9.48. The minimum atomic E-state index is -0.974. The molecule has 0 heterocycles. The summed E-state index contributed by atoms with van der Waals surface area (Å²) in [4.78, 5) is 32.9. The summed E-state index contributed by atoms with van der Waals surface area (Å²) in [5.74, 6) is -1.00. The highest BCUT2D eigenvalue weighted by Gasteiger charge is 2.11. The number of urea groups is 1. The molecule has 0 aliphatic rings. The molecule has 0 spiro atoms. The van der Waals surface area contributed by atoms with Gasteiger partial charge in [0.25, 0.3) is 0 Å². The van der Waals surface area contributed by atoms with Crippen LogP contribution in [0, 0.1) is 0 Å². The Labute approximate surface area is 114 Å². The van der Waals surface area contributed by atoms with Gasteiger partial charge in [-0.15, -0.1) is 0 Å². The molecular weight excluding hydrogens is 272 g/mol. The lowest BCUT2D eigenvalue weighted by molar-refractivity contribution is -0.137. The van der Waals surface area contributed by atoms with Crippen molar-refractivity contribution in [3.63, 3.8) is 0 Å². The Kier molecular flexibility index (Phi) is 8.77. The second-order valence-electron chi connectivity index (χ2n) is 4.24. The van der Waals surface area contributed by atoms with E-state index >= 15 is 0 Å². The minimum absolute atomic E-state index is 0.00687. The fraction of sp³-hybridized carbons (Fsp3) is 0.727. The molecule has 3 N–H and O–H groups in total. The van der Waals surface area contributed by atoms with Crippen molar-refractivity contribution in [2.75, 3.05) is 12.0 Å². The quantitative estimate of drug-likeness (QED) is 0.592. The second-order valence-corrected chi connectivity index (χ2v) is 5.79. The zero-order valence-electron chi connectivity index (χ0n) is 11.1. The van der Waals surface area contributed by atoms with Gasteiger partial charge in [0, 0.05) is 41.7 Å². The van der Waals surface area contributed by atoms with E-state index in [1.54, 1.807) is 13.2 Å². The van der Waals surface area contributed by atoms with Gasteiger partial charge in [0.05, 0.1) is 0 Å². The van der Waals surface area contributed by atoms with E-state index in [1.807, 2.05) is 0 Å². The standard InChI is InChI=1S/C11H20N2O5S/c1-8(6-7-19(2)18)12-11(17)13-9(14)4-3-5-10(15)16/h8H,3-7H2,1-2H3,(H,15,16)(H2,12,13,14,17). The third-order valence-electron chi connectivity index (χ3n) is 2.26. The van der Waals surface area contributed by atoms with Crippen molar-refractivity contribution in [1.82, 2.24) is 10.6 Å². The minimum Gasteiger partial charge on any atom is -0.481 e. The van der Waals surface area contributed by atoms with Crippen molar-refractivity contribution >= 4 is 28.7 Å². The lowest BCUT2D eigenvalue weighted by Gasteiger charge is -2.13. The van der Waals surface area contributed by atoms with E-state index in [9.17, 15) is 18.6 Å². The summed E-state index contributed by atoms with van der Waals surface area (Å²) in [6.07, 6.45) is 2.22. The van der Waals surface area contributed by atoms with Crippen LogP contribution in [0.5, 0.6) is 0 Å². The summed E-state index contributed by atoms with van der Waals surface area (Å²) in [6, 6.07) is -0.801. The lowest BCUT2D eigenvalue weighted by atomic mass is 10.2. The monoisotopic (exact) mass is 292 g/mol. The van der Waals surface area contributed by atoms with Crippen LogP contribution in [0.15, 0.2) is 0 Å². The first kappa shape index (κ1) is 17.6. The van der Waals surface area contributed by atoms with E-state index in [0.29, 0.717) is 12.2 Å². The average molecular weight is 292 g/mol. The Hall–Kier alpha value is -1.44. The number of amides is 3. The molecule has 110 valence electrons. The number of carboxylic acid groups (broad SMARTS) is 1. The molecule has 3 amide bonds. The highest BCUT2D eigenvalue weighted by atomic mass is 32.2. The Balaban J connectivity index is 3.80. The molecule has 0 aromatic heterocycles. The number of nitrogens with one attached hydrogen (secondary N) is 2. The van der Waals surface area contributed by atoms with Crippen LogP contribution in [-0.4, -0.2) is 45.3 Å². The number of imide groups is 1. The third kappa shape index (κ3) is 11.4. The van der Waals surface area contributed by atoms with E-state index in [4.69, 9.17) is 5.11 Å². The number of carbonyl (C=O) groups excluding carboxylic acids is 2. The largest absolute Gasteiger partial charge is 0.481 e. The van der Waals surface area contributed by atoms with Gasteiger partial charge in [-0.05, 0) is 19.8 Å². The van der Waals surface area contributed by atoms with Crippen LogP contribution in [0.3, 0.4) is 0 Å². The number of carboxylic acids is 1. The molecule has 0 aromatic rings. The van der Waals surface area contributed by atoms with Crippen LogP contribution in [-0.2, 0) is 20.4 Å². The number of hydrogen-bond donors (Lipinski definition) is 3. The molecule has 0 radical (unpaired) electrons. The SMILES string of the molecule is CC(CCS(C)=O)NC(=O)NC(=O)CCCC(=O)O. The molecule has 0 saturated carbocycles. The normalized spacial score (nSPS) is 13.4. The maximum absolute atomic E-state index is 11.4. The van der Waals surface area contributed by atoms with E-state index in [-0.39, 0.29) is 25.3 Å². The molecule has 19 heavy (non-hydrogen) atoms. The van der Waals surface area contributed by atoms with Gasteiger partial charge in [0.15, 0.2) is 0 Å². The third-order valence-corrected chi connectivity index (χ3v) is 3.07. The van der Waals surface area contributed by atoms with Gasteiger partial charge in [-0.25, -0.2) is 4.79 Å². The molecule has 0 rings (SSSR count). The first-order valence-electron chi connectivity index (χ1n) is 5.93. The van der Waals surface area contributed by atoms with Gasteiger partial charge in [-0.1, -0.05) is 0 Å². The van der Waals surface area contributed by atoms with Crippen LogP contribution in [0.25, 0.3) is 0 Å². The molecule has 0 saturated heterocycles. The maximum Gasteiger partial charge on any atom is 0.321 e. The molecule has 0 bridgehead atoms. The number of rotatable bonds is 8. The van der Waals surface area contributed by atoms with Crippen molar-refractivity contribution in [2.24, 2.45) is 0 Å². The fourth-order valence-corrected chi connectivity index (χ4v) is 1.95. The molecule has 0 fully saturated rings. The molecule has 8 heteroatoms. The summed E-state index contributed by atoms with van der Waals surface area (Å²) >= 11 is 0. The van der Waals surface area contributed by atoms with Crippen molar-refractivity contribution in [3.8, 4) is 0 Å². The van der Waals surface area contributed by atoms with Crippen LogP contribution >= 0.6 is 0 Å². The van der Waals surface area contributed by atoms with Crippen LogP contribution in [0.1, 0.15) is 32.6 Å². The van der Waals surface area contributed by atoms with Gasteiger partial charge in [-0.3, -0.25) is 19.1 Å². The zero-order chi connectivity index (χ0) is 14.8. The molecule has 2 atom stereocenters. The van der Waals surface area contributed by atoms with Crippen molar-refractivity contribution in [2.45, 2.75) is 38.6 Å². The molecule has 0 aliphatic heterocycles. The Bertz CT molecular complexity index is 359. The van der Waals surface area contributed by atoms with Gasteiger partial charge in [0.2, 0.25) is 5.91 Å². The van der Waals surface area contributed by atoms with Gasteiger partial charge < -0.3 is 10.4 Å². The molecule has 0 aromatic carbocycles. The van der Waals surface area contributed by atoms with Gasteiger partial charge >= 0.3 is 12.0 Å². The topological polar surface area (TPSA) is 113 Å². The molecular formula is C11H20N2O5S. The van der Waals surface area contributed by atoms with Crippen molar-refractivity contribution in [3.05, 3.63) is 0 Å². The first-order valence-corrected chi connectivity index (χ1v) is 7.66. The number of carbonyl (C=O) groups is 3. The van der Waals surface area contributed by atoms with Crippen LogP contribution < -0.4 is 10.6 Å². The van der Waals surface area contributed by atoms with Crippen LogP contribution in [0.2, 0.25) is 0 Å². The predicted molar refractivity (Wildman–Crippen MR) is 71.2 cm³/mol. The zero-order valence-corrected chi connectivity index (χ0v) is 11.9. The number of aliphatic carboxylic acids is 1. The first-order chi connectivity index (χ1) is 8.81. The Morgan fingerprint density at radius 1 is 1.26 bits per heavy atom. The van der Waals surface area contributed by atoms with E-state index in [0.717, 1.165) is 0 Å². The predicted octanol–water partition coefficient (Wildman–Crippen LogP) is 0.224. The van der Waals surface area contributed by atoms with Crippen molar-refractivity contribution < 1.29 is 23.7 Å². The maximum atomic E-state index is 11.4. The molecule has 0 aliphatic carbocycles. The van der Waals surface area contributed by atoms with E-state index < -0.39 is 28.7 Å². The molecule has 2 unspecified atom stereocenters. The van der Waals surface area contributed by atoms with Crippen molar-refractivity contribution in [1.29, 1.82) is 0 Å². The highest BCUT2D eigenvalue weighted by Crippen LogP contribution is 1.96. The van der Waals surface area contributed by atoms with E-state index in [1.165, 1.54) is 0 Å². The summed E-state index contributed by atoms with van der Waals surface area (Å²) in [6.45, 7) is 1.75. The number of hydrogen-bond acceptors (Lipinski definition) is 4. The lowest BCUT2D eigenvalue weighted by Crippen LogP contribution is -2.43. The molecule has 7 nitrogen and oxygen atoms in total. The van der Waals surface area contributed by atoms with Gasteiger partial charge in [0.1, 0.15) is 0 Å². The fourth-order valence-electron chi connectivity index (χ4n) is 1.26. The van der Waals surface area contributed by atoms with E-state index in [2.05, 4.69) is 10.6 Å². The summed E-state index contributed by atoms with van der Waals surface area (Å²) in [7, 11) is -0.915. The van der Waals surface area contributed by atoms with Gasteiger partial charge in [-0.2, -0.15) is 0 Å². The Morgan fingerprint density at radius 2 is 1.89 bits per heavy atom. The summed E-state index contributed by atoms with van der Waals surface area (Å²) < 4.78 is 10.9. The summed E-state index contributed by atoms with van der Waals surface area (Å²) in [5, 5.41) is 13.1. The van der Waals surface area contributed by atoms with Crippen LogP contribution in [0.4, 0.5) is 4.79 Å². The average Bonchev–Trinajstić information content (AvgIpc) is 2.25.